The van der Waals surface area contributed by atoms with E-state index in [1.165, 1.54) is 6.26 Å². The molecule has 2 rings (SSSR count). The van der Waals surface area contributed by atoms with E-state index in [1.807, 2.05) is 18.2 Å². The van der Waals surface area contributed by atoms with E-state index >= 15 is 0 Å². The minimum absolute atomic E-state index is 0.407. The molecule has 0 saturated heterocycles. The first kappa shape index (κ1) is 9.00. The van der Waals surface area contributed by atoms with Crippen LogP contribution >= 0.6 is 0 Å². The summed E-state index contributed by atoms with van der Waals surface area (Å²) in [6.45, 7) is 4.22. The Kier molecular flexibility index (Phi) is 2.12. The van der Waals surface area contributed by atoms with Crippen molar-refractivity contribution >= 4 is 17.3 Å². The fraction of sp³-hybridized carbons (Fsp3) is 0.250. The number of benzene rings is 1. The Labute approximate surface area is 82.5 Å². The van der Waals surface area contributed by atoms with Crippen LogP contribution in [-0.4, -0.2) is 6.29 Å². The lowest BCUT2D eigenvalue weighted by Crippen LogP contribution is -1.87. The first-order chi connectivity index (χ1) is 6.74. The van der Waals surface area contributed by atoms with Crippen molar-refractivity contribution in [3.8, 4) is 0 Å². The van der Waals surface area contributed by atoms with Gasteiger partial charge in [-0.1, -0.05) is 32.0 Å². The number of carbonyl (C=O) groups excluding carboxylic acids is 1. The minimum atomic E-state index is 0.407. The third-order valence-electron chi connectivity index (χ3n) is 2.41. The number of hydrogen-bond donors (Lipinski definition) is 0. The highest BCUT2D eigenvalue weighted by Gasteiger charge is 2.10. The van der Waals surface area contributed by atoms with E-state index < -0.39 is 0 Å². The van der Waals surface area contributed by atoms with Gasteiger partial charge in [-0.05, 0) is 11.5 Å². The fourth-order valence-corrected chi connectivity index (χ4v) is 1.65. The molecule has 0 atom stereocenters. The zero-order valence-electron chi connectivity index (χ0n) is 8.28. The molecule has 2 nitrogen and oxygen atoms in total. The molecule has 72 valence electrons. The highest BCUT2D eigenvalue weighted by atomic mass is 16.3. The lowest BCUT2D eigenvalue weighted by molar-refractivity contribution is 0.112. The lowest BCUT2D eigenvalue weighted by Gasteiger charge is -2.04. The van der Waals surface area contributed by atoms with Crippen LogP contribution in [0.2, 0.25) is 0 Å². The molecule has 0 unspecified atom stereocenters. The van der Waals surface area contributed by atoms with Crippen LogP contribution in [0.15, 0.2) is 28.9 Å². The molecule has 0 N–H and O–H groups in total. The predicted octanol–water partition coefficient (Wildman–Crippen LogP) is 3.37. The van der Waals surface area contributed by atoms with Gasteiger partial charge in [-0.2, -0.15) is 0 Å². The molecule has 2 heteroatoms. The van der Waals surface area contributed by atoms with Gasteiger partial charge in [0.25, 0.3) is 0 Å². The zero-order valence-corrected chi connectivity index (χ0v) is 8.28. The van der Waals surface area contributed by atoms with Gasteiger partial charge in [-0.25, -0.2) is 0 Å². The van der Waals surface area contributed by atoms with Gasteiger partial charge in [0.15, 0.2) is 6.29 Å². The molecule has 0 saturated carbocycles. The third-order valence-corrected chi connectivity index (χ3v) is 2.41. The van der Waals surface area contributed by atoms with Crippen molar-refractivity contribution in [1.82, 2.24) is 0 Å². The van der Waals surface area contributed by atoms with Gasteiger partial charge in [0, 0.05) is 5.39 Å². The normalized spacial score (nSPS) is 11.1. The van der Waals surface area contributed by atoms with Crippen molar-refractivity contribution in [2.24, 2.45) is 0 Å². The molecule has 0 amide bonds. The standard InChI is InChI=1S/C12H12O2/c1-8(2)10-4-3-5-11-9(6-13)7-14-12(10)11/h3-8H,1-2H3. The van der Waals surface area contributed by atoms with E-state index in [4.69, 9.17) is 4.42 Å². The molecule has 0 radical (unpaired) electrons. The van der Waals surface area contributed by atoms with Crippen molar-refractivity contribution in [2.45, 2.75) is 19.8 Å². The number of para-hydroxylation sites is 1. The summed E-state index contributed by atoms with van der Waals surface area (Å²) in [7, 11) is 0. The highest BCUT2D eigenvalue weighted by molar-refractivity contribution is 5.97. The topological polar surface area (TPSA) is 30.2 Å². The van der Waals surface area contributed by atoms with Crippen LogP contribution < -0.4 is 0 Å². The first-order valence-corrected chi connectivity index (χ1v) is 4.69. The van der Waals surface area contributed by atoms with Crippen LogP contribution in [0.3, 0.4) is 0 Å². The molecule has 0 aliphatic rings. The van der Waals surface area contributed by atoms with Crippen LogP contribution in [0.4, 0.5) is 0 Å². The van der Waals surface area contributed by atoms with Crippen molar-refractivity contribution in [3.63, 3.8) is 0 Å². The van der Waals surface area contributed by atoms with Crippen molar-refractivity contribution < 1.29 is 9.21 Å². The van der Waals surface area contributed by atoms with Gasteiger partial charge in [0.1, 0.15) is 11.8 Å². The Balaban J connectivity index is 2.76. The summed E-state index contributed by atoms with van der Waals surface area (Å²) < 4.78 is 5.40. The van der Waals surface area contributed by atoms with Crippen LogP contribution in [0, 0.1) is 0 Å². The van der Waals surface area contributed by atoms with Gasteiger partial charge < -0.3 is 4.42 Å². The zero-order chi connectivity index (χ0) is 10.1. The molecule has 14 heavy (non-hydrogen) atoms. The second kappa shape index (κ2) is 3.29. The van der Waals surface area contributed by atoms with Crippen LogP contribution in [-0.2, 0) is 0 Å². The van der Waals surface area contributed by atoms with Gasteiger partial charge in [0.05, 0.1) is 5.56 Å². The summed E-state index contributed by atoms with van der Waals surface area (Å²) in [5, 5.41) is 0.909. The second-order valence-electron chi connectivity index (χ2n) is 3.69. The molecular weight excluding hydrogens is 176 g/mol. The summed E-state index contributed by atoms with van der Waals surface area (Å²) in [6, 6.07) is 5.90. The molecular formula is C12H12O2. The van der Waals surface area contributed by atoms with E-state index in [0.717, 1.165) is 22.8 Å². The fourth-order valence-electron chi connectivity index (χ4n) is 1.65. The number of furan rings is 1. The van der Waals surface area contributed by atoms with Crippen LogP contribution in [0.5, 0.6) is 0 Å². The SMILES string of the molecule is CC(C)c1cccc2c(C=O)coc12. The third kappa shape index (κ3) is 1.23. The molecule has 0 spiro atoms. The maximum atomic E-state index is 10.7. The van der Waals surface area contributed by atoms with E-state index in [1.54, 1.807) is 0 Å². The number of aldehydes is 1. The molecule has 1 heterocycles. The molecule has 1 aromatic heterocycles. The Hall–Kier alpha value is -1.57. The lowest BCUT2D eigenvalue weighted by atomic mass is 10.0. The van der Waals surface area contributed by atoms with Gasteiger partial charge in [-0.15, -0.1) is 0 Å². The molecule has 0 aliphatic carbocycles. The average Bonchev–Trinajstić information content (AvgIpc) is 2.59. The number of hydrogen-bond acceptors (Lipinski definition) is 2. The van der Waals surface area contributed by atoms with Gasteiger partial charge >= 0.3 is 0 Å². The van der Waals surface area contributed by atoms with Gasteiger partial charge in [0.2, 0.25) is 0 Å². The quantitative estimate of drug-likeness (QED) is 0.676. The van der Waals surface area contributed by atoms with E-state index in [-0.39, 0.29) is 0 Å². The second-order valence-corrected chi connectivity index (χ2v) is 3.69. The van der Waals surface area contributed by atoms with E-state index in [9.17, 15) is 4.79 Å². The summed E-state index contributed by atoms with van der Waals surface area (Å²) >= 11 is 0. The molecule has 1 aromatic carbocycles. The van der Waals surface area contributed by atoms with E-state index in [0.29, 0.717) is 11.5 Å². The summed E-state index contributed by atoms with van der Waals surface area (Å²) in [6.07, 6.45) is 2.35. The Morgan fingerprint density at radius 2 is 2.14 bits per heavy atom. The van der Waals surface area contributed by atoms with Gasteiger partial charge in [-0.3, -0.25) is 4.79 Å². The summed E-state index contributed by atoms with van der Waals surface area (Å²) in [4.78, 5) is 10.7. The largest absolute Gasteiger partial charge is 0.463 e. The molecule has 0 fully saturated rings. The Bertz CT molecular complexity index is 466. The monoisotopic (exact) mass is 188 g/mol. The summed E-state index contributed by atoms with van der Waals surface area (Å²) in [5.41, 5.74) is 2.61. The Morgan fingerprint density at radius 3 is 2.79 bits per heavy atom. The van der Waals surface area contributed by atoms with E-state index in [2.05, 4.69) is 13.8 Å². The summed E-state index contributed by atoms with van der Waals surface area (Å²) in [5.74, 6) is 0.407. The molecule has 0 bridgehead atoms. The highest BCUT2D eigenvalue weighted by Crippen LogP contribution is 2.28. The number of rotatable bonds is 2. The van der Waals surface area contributed by atoms with Crippen molar-refractivity contribution in [2.75, 3.05) is 0 Å². The first-order valence-electron chi connectivity index (χ1n) is 4.69. The van der Waals surface area contributed by atoms with Crippen LogP contribution in [0.1, 0.15) is 35.7 Å². The molecule has 2 aromatic rings. The smallest absolute Gasteiger partial charge is 0.153 e. The Morgan fingerprint density at radius 1 is 1.36 bits per heavy atom. The van der Waals surface area contributed by atoms with Crippen molar-refractivity contribution in [3.05, 3.63) is 35.6 Å². The van der Waals surface area contributed by atoms with Crippen LogP contribution in [0.25, 0.3) is 11.0 Å². The number of carbonyl (C=O) groups is 1. The molecule has 0 aliphatic heterocycles. The minimum Gasteiger partial charge on any atom is -0.463 e. The average molecular weight is 188 g/mol. The van der Waals surface area contributed by atoms with Crippen molar-refractivity contribution in [1.29, 1.82) is 0 Å². The predicted molar refractivity (Wildman–Crippen MR) is 55.7 cm³/mol. The number of fused-ring (bicyclic) bond motifs is 1. The maximum absolute atomic E-state index is 10.7. The maximum Gasteiger partial charge on any atom is 0.153 e.